The van der Waals surface area contributed by atoms with Crippen LogP contribution in [0.15, 0.2) is 30.5 Å². The van der Waals surface area contributed by atoms with E-state index in [1.165, 1.54) is 6.20 Å². The smallest absolute Gasteiger partial charge is 0.303 e. The van der Waals surface area contributed by atoms with Gasteiger partial charge in [0.1, 0.15) is 5.75 Å². The molecule has 2 rings (SSSR count). The van der Waals surface area contributed by atoms with Gasteiger partial charge in [-0.25, -0.2) is 9.97 Å². The van der Waals surface area contributed by atoms with Gasteiger partial charge in [-0.1, -0.05) is 12.1 Å². The summed E-state index contributed by atoms with van der Waals surface area (Å²) >= 11 is 0. The maximum absolute atomic E-state index is 10.6. The molecule has 0 bridgehead atoms. The highest BCUT2D eigenvalue weighted by Crippen LogP contribution is 2.24. The first kappa shape index (κ1) is 13.8. The highest BCUT2D eigenvalue weighted by molar-refractivity contribution is 5.67. The third-order valence-corrected chi connectivity index (χ3v) is 2.71. The van der Waals surface area contributed by atoms with Crippen molar-refractivity contribution in [3.63, 3.8) is 0 Å². The monoisotopic (exact) mass is 273 g/mol. The van der Waals surface area contributed by atoms with Crippen LogP contribution in [0.1, 0.15) is 17.7 Å². The van der Waals surface area contributed by atoms with Crippen LogP contribution in [-0.2, 0) is 11.2 Å². The first-order valence-electron chi connectivity index (χ1n) is 6.12. The fraction of sp³-hybridized carbons (Fsp3) is 0.214. The first-order valence-corrected chi connectivity index (χ1v) is 6.12. The Kier molecular flexibility index (Phi) is 4.14. The van der Waals surface area contributed by atoms with Gasteiger partial charge in [0, 0.05) is 6.42 Å². The van der Waals surface area contributed by atoms with Crippen LogP contribution in [0.2, 0.25) is 0 Å². The van der Waals surface area contributed by atoms with Crippen LogP contribution in [-0.4, -0.2) is 21.0 Å². The predicted molar refractivity (Wildman–Crippen MR) is 73.7 cm³/mol. The lowest BCUT2D eigenvalue weighted by Crippen LogP contribution is -1.99. The quantitative estimate of drug-likeness (QED) is 0.866. The molecule has 3 N–H and O–H groups in total. The van der Waals surface area contributed by atoms with Crippen molar-refractivity contribution in [2.75, 3.05) is 5.73 Å². The lowest BCUT2D eigenvalue weighted by molar-refractivity contribution is -0.136. The van der Waals surface area contributed by atoms with Crippen LogP contribution in [0.4, 0.5) is 5.95 Å². The lowest BCUT2D eigenvalue weighted by atomic mass is 10.1. The SMILES string of the molecule is Cc1nc(N)ncc1Oc1cccc(CCC(=O)O)c1. The Balaban J connectivity index is 2.13. The summed E-state index contributed by atoms with van der Waals surface area (Å²) in [6.45, 7) is 1.78. The van der Waals surface area contributed by atoms with Gasteiger partial charge in [0.05, 0.1) is 11.9 Å². The van der Waals surface area contributed by atoms with Gasteiger partial charge in [0.25, 0.3) is 0 Å². The van der Waals surface area contributed by atoms with Crippen molar-refractivity contribution in [1.29, 1.82) is 0 Å². The zero-order chi connectivity index (χ0) is 14.5. The van der Waals surface area contributed by atoms with Gasteiger partial charge in [-0.2, -0.15) is 0 Å². The van der Waals surface area contributed by atoms with E-state index in [0.29, 0.717) is 23.6 Å². The molecule has 0 spiro atoms. The van der Waals surface area contributed by atoms with Gasteiger partial charge in [-0.15, -0.1) is 0 Å². The Morgan fingerprint density at radius 3 is 2.95 bits per heavy atom. The molecule has 0 saturated heterocycles. The Labute approximate surface area is 116 Å². The van der Waals surface area contributed by atoms with Crippen molar-refractivity contribution in [3.8, 4) is 11.5 Å². The van der Waals surface area contributed by atoms with E-state index in [9.17, 15) is 4.79 Å². The van der Waals surface area contributed by atoms with Crippen molar-refractivity contribution >= 4 is 11.9 Å². The highest BCUT2D eigenvalue weighted by atomic mass is 16.5. The van der Waals surface area contributed by atoms with Crippen molar-refractivity contribution in [1.82, 2.24) is 9.97 Å². The van der Waals surface area contributed by atoms with Crippen LogP contribution in [0.3, 0.4) is 0 Å². The van der Waals surface area contributed by atoms with E-state index in [2.05, 4.69) is 9.97 Å². The molecule has 0 aliphatic carbocycles. The Hall–Kier alpha value is -2.63. The summed E-state index contributed by atoms with van der Waals surface area (Å²) in [6, 6.07) is 7.28. The van der Waals surface area contributed by atoms with Crippen LogP contribution in [0, 0.1) is 6.92 Å². The minimum Gasteiger partial charge on any atom is -0.481 e. The summed E-state index contributed by atoms with van der Waals surface area (Å²) in [5.41, 5.74) is 7.03. The van der Waals surface area contributed by atoms with E-state index in [0.717, 1.165) is 5.56 Å². The summed E-state index contributed by atoms with van der Waals surface area (Å²) < 4.78 is 5.68. The molecule has 0 radical (unpaired) electrons. The molecule has 0 amide bonds. The summed E-state index contributed by atoms with van der Waals surface area (Å²) in [4.78, 5) is 18.5. The molecule has 0 aliphatic heterocycles. The number of carbonyl (C=O) groups is 1. The molecule has 1 aromatic heterocycles. The van der Waals surface area contributed by atoms with Crippen LogP contribution in [0.25, 0.3) is 0 Å². The molecule has 0 saturated carbocycles. The minimum atomic E-state index is -0.820. The van der Waals surface area contributed by atoms with E-state index in [-0.39, 0.29) is 12.4 Å². The van der Waals surface area contributed by atoms with Crippen molar-refractivity contribution in [2.24, 2.45) is 0 Å². The average Bonchev–Trinajstić information content (AvgIpc) is 2.40. The van der Waals surface area contributed by atoms with Crippen LogP contribution >= 0.6 is 0 Å². The number of nitrogens with two attached hydrogens (primary N) is 1. The molecule has 0 atom stereocenters. The number of ether oxygens (including phenoxy) is 1. The lowest BCUT2D eigenvalue weighted by Gasteiger charge is -2.09. The Bertz CT molecular complexity index is 629. The summed E-state index contributed by atoms with van der Waals surface area (Å²) in [6.07, 6.45) is 2.07. The van der Waals surface area contributed by atoms with E-state index in [4.69, 9.17) is 15.6 Å². The molecule has 0 aliphatic rings. The standard InChI is InChI=1S/C14H15N3O3/c1-9-12(8-16-14(15)17-9)20-11-4-2-3-10(7-11)5-6-13(18)19/h2-4,7-8H,5-6H2,1H3,(H,18,19)(H2,15,16,17). The molecule has 6 heteroatoms. The number of hydrogen-bond acceptors (Lipinski definition) is 5. The van der Waals surface area contributed by atoms with Gasteiger partial charge >= 0.3 is 5.97 Å². The zero-order valence-corrected chi connectivity index (χ0v) is 11.0. The topological polar surface area (TPSA) is 98.3 Å². The molecule has 1 aromatic carbocycles. The largest absolute Gasteiger partial charge is 0.481 e. The number of aryl methyl sites for hydroxylation is 2. The van der Waals surface area contributed by atoms with E-state index >= 15 is 0 Å². The number of aliphatic carboxylic acids is 1. The molecule has 104 valence electrons. The molecule has 6 nitrogen and oxygen atoms in total. The molecule has 0 unspecified atom stereocenters. The molecule has 2 aromatic rings. The van der Waals surface area contributed by atoms with Gasteiger partial charge in [-0.05, 0) is 31.0 Å². The van der Waals surface area contributed by atoms with Gasteiger partial charge in [0.15, 0.2) is 5.75 Å². The van der Waals surface area contributed by atoms with Gasteiger partial charge in [0.2, 0.25) is 5.95 Å². The fourth-order valence-electron chi connectivity index (χ4n) is 1.72. The van der Waals surface area contributed by atoms with Gasteiger partial charge in [-0.3, -0.25) is 4.79 Å². The van der Waals surface area contributed by atoms with Crippen molar-refractivity contribution < 1.29 is 14.6 Å². The number of carboxylic acids is 1. The van der Waals surface area contributed by atoms with Gasteiger partial charge < -0.3 is 15.6 Å². The molecule has 1 heterocycles. The number of hydrogen-bond donors (Lipinski definition) is 2. The second-order valence-corrected chi connectivity index (χ2v) is 4.32. The summed E-state index contributed by atoms with van der Waals surface area (Å²) in [5.74, 6) is 0.517. The first-order chi connectivity index (χ1) is 9.54. The Morgan fingerprint density at radius 2 is 2.25 bits per heavy atom. The normalized spacial score (nSPS) is 10.2. The maximum Gasteiger partial charge on any atom is 0.303 e. The molecule has 0 fully saturated rings. The zero-order valence-electron chi connectivity index (χ0n) is 11.0. The number of nitrogen functional groups attached to an aromatic ring is 1. The minimum absolute atomic E-state index is 0.0907. The highest BCUT2D eigenvalue weighted by Gasteiger charge is 2.06. The van der Waals surface area contributed by atoms with E-state index in [1.807, 2.05) is 12.1 Å². The number of rotatable bonds is 5. The predicted octanol–water partition coefficient (Wildman–Crippen LogP) is 2.18. The summed E-state index contributed by atoms with van der Waals surface area (Å²) in [7, 11) is 0. The van der Waals surface area contributed by atoms with E-state index < -0.39 is 5.97 Å². The molecular formula is C14H15N3O3. The maximum atomic E-state index is 10.6. The summed E-state index contributed by atoms with van der Waals surface area (Å²) in [5, 5.41) is 8.68. The third kappa shape index (κ3) is 3.68. The van der Waals surface area contributed by atoms with Crippen molar-refractivity contribution in [3.05, 3.63) is 41.7 Å². The Morgan fingerprint density at radius 1 is 1.45 bits per heavy atom. The fourth-order valence-corrected chi connectivity index (χ4v) is 1.72. The second kappa shape index (κ2) is 6.01. The third-order valence-electron chi connectivity index (χ3n) is 2.71. The molecular weight excluding hydrogens is 258 g/mol. The molecule has 20 heavy (non-hydrogen) atoms. The number of anilines is 1. The number of aromatic nitrogens is 2. The van der Waals surface area contributed by atoms with Crippen molar-refractivity contribution in [2.45, 2.75) is 19.8 Å². The second-order valence-electron chi connectivity index (χ2n) is 4.32. The van der Waals surface area contributed by atoms with E-state index in [1.54, 1.807) is 19.1 Å². The van der Waals surface area contributed by atoms with Crippen LogP contribution in [0.5, 0.6) is 11.5 Å². The van der Waals surface area contributed by atoms with Crippen LogP contribution < -0.4 is 10.5 Å². The number of nitrogens with zero attached hydrogens (tertiary/aromatic N) is 2. The number of carboxylic acid groups (broad SMARTS) is 1. The average molecular weight is 273 g/mol. The number of benzene rings is 1.